The summed E-state index contributed by atoms with van der Waals surface area (Å²) in [6, 6.07) is 34.9. The molecule has 0 aliphatic carbocycles. The van der Waals surface area contributed by atoms with Crippen molar-refractivity contribution in [1.82, 2.24) is 0 Å². The molecule has 0 aromatic heterocycles. The predicted molar refractivity (Wildman–Crippen MR) is 208 cm³/mol. The van der Waals surface area contributed by atoms with Crippen LogP contribution < -0.4 is 19.8 Å². The first-order valence-corrected chi connectivity index (χ1v) is 19.8. The Balaban J connectivity index is 1.42. The summed E-state index contributed by atoms with van der Waals surface area (Å²) in [5.74, 6) is -0.382. The van der Waals surface area contributed by atoms with Gasteiger partial charge in [-0.15, -0.1) is 0 Å². The first kappa shape index (κ1) is 40.4. The number of esters is 1. The number of rotatable bonds is 17. The molecule has 4 aromatic rings. The molecule has 10 nitrogen and oxygen atoms in total. The van der Waals surface area contributed by atoms with E-state index >= 15 is 0 Å². The van der Waals surface area contributed by atoms with Crippen LogP contribution in [0.4, 0.5) is 0 Å². The third-order valence-electron chi connectivity index (χ3n) is 9.47. The molecule has 5 rings (SSSR count). The van der Waals surface area contributed by atoms with E-state index in [2.05, 4.69) is 45.0 Å². The van der Waals surface area contributed by atoms with Crippen molar-refractivity contribution >= 4 is 30.6 Å². The fraction of sp³-hybridized carbons (Fsp3) is 0.349. The van der Waals surface area contributed by atoms with Gasteiger partial charge in [0, 0.05) is 0 Å². The molecule has 0 spiro atoms. The Labute approximate surface area is 318 Å². The average molecular weight is 755 g/mol. The maximum absolute atomic E-state index is 13.3. The fourth-order valence-corrected chi connectivity index (χ4v) is 11.3. The largest absolute Gasteiger partial charge is 0.497 e. The lowest BCUT2D eigenvalue weighted by Gasteiger charge is -2.45. The molecule has 1 aliphatic heterocycles. The van der Waals surface area contributed by atoms with Crippen molar-refractivity contribution in [3.8, 4) is 11.5 Å². The summed E-state index contributed by atoms with van der Waals surface area (Å²) < 4.78 is 42.0. The third kappa shape index (κ3) is 9.84. The minimum atomic E-state index is -3.06. The quantitative estimate of drug-likeness (QED) is 0.0771. The van der Waals surface area contributed by atoms with Crippen molar-refractivity contribution in [1.29, 1.82) is 0 Å². The summed E-state index contributed by atoms with van der Waals surface area (Å²) in [6.07, 6.45) is -2.38. The molecule has 4 atom stereocenters. The van der Waals surface area contributed by atoms with Gasteiger partial charge >= 0.3 is 11.9 Å². The van der Waals surface area contributed by atoms with Gasteiger partial charge in [-0.1, -0.05) is 106 Å². The molecule has 4 aromatic carbocycles. The molecule has 1 N–H and O–H groups in total. The Bertz CT molecular complexity index is 1780. The highest BCUT2D eigenvalue weighted by atomic mass is 28.4. The van der Waals surface area contributed by atoms with Crippen LogP contribution in [-0.4, -0.2) is 77.2 Å². The van der Waals surface area contributed by atoms with Crippen LogP contribution in [0.5, 0.6) is 11.5 Å². The number of carbonyl (C=O) groups excluding carboxylic acids is 1. The van der Waals surface area contributed by atoms with Gasteiger partial charge in [0.25, 0.3) is 8.32 Å². The Hall–Kier alpha value is -4.78. The second-order valence-corrected chi connectivity index (χ2v) is 18.5. The van der Waals surface area contributed by atoms with Crippen molar-refractivity contribution in [2.45, 2.75) is 70.4 Å². The van der Waals surface area contributed by atoms with Crippen LogP contribution in [0.3, 0.4) is 0 Å². The van der Waals surface area contributed by atoms with Gasteiger partial charge in [0.2, 0.25) is 0 Å². The first-order chi connectivity index (χ1) is 25.9. The molecular weight excluding hydrogens is 705 g/mol. The Morgan fingerprint density at radius 1 is 0.778 bits per heavy atom. The van der Waals surface area contributed by atoms with Gasteiger partial charge < -0.3 is 38.0 Å². The molecule has 0 amide bonds. The normalized spacial score (nSPS) is 18.0. The molecule has 0 radical (unpaired) electrons. The smallest absolute Gasteiger partial charge is 0.335 e. The number of carboxylic acid groups (broad SMARTS) is 1. The maximum atomic E-state index is 13.3. The number of carboxylic acids is 1. The molecule has 0 bridgehead atoms. The van der Waals surface area contributed by atoms with E-state index in [1.807, 2.05) is 72.8 Å². The summed E-state index contributed by atoms with van der Waals surface area (Å²) >= 11 is 0. The zero-order valence-corrected chi connectivity index (χ0v) is 32.7. The Morgan fingerprint density at radius 2 is 1.30 bits per heavy atom. The van der Waals surface area contributed by atoms with E-state index in [9.17, 15) is 14.7 Å². The van der Waals surface area contributed by atoms with Gasteiger partial charge in [0.15, 0.2) is 6.10 Å². The van der Waals surface area contributed by atoms with E-state index in [1.54, 1.807) is 39.4 Å². The lowest BCUT2D eigenvalue weighted by molar-refractivity contribution is -0.182. The molecule has 1 aliphatic rings. The third-order valence-corrected chi connectivity index (χ3v) is 14.5. The van der Waals surface area contributed by atoms with E-state index in [0.29, 0.717) is 11.3 Å². The van der Waals surface area contributed by atoms with E-state index < -0.39 is 44.7 Å². The molecule has 11 heteroatoms. The molecule has 54 heavy (non-hydrogen) atoms. The number of methoxy groups -OCH3 is 2. The SMILES string of the molecule is COc1ccc(COCC(=O)O[C@H]2C=C(C)[C@H]([C@@H](OCc3ccc(OC)cc3)C(=O)O)O[C@@H]2CO[Si](c2ccccc2)(c2ccccc2)C(C)(C)C)cc1. The van der Waals surface area contributed by atoms with Crippen LogP contribution >= 0.6 is 0 Å². The summed E-state index contributed by atoms with van der Waals surface area (Å²) in [6.45, 7) is 8.17. The molecule has 0 fully saturated rings. The van der Waals surface area contributed by atoms with Crippen LogP contribution in [0.25, 0.3) is 0 Å². The number of hydrogen-bond acceptors (Lipinski definition) is 9. The summed E-state index contributed by atoms with van der Waals surface area (Å²) in [5.41, 5.74) is 2.19. The second kappa shape index (κ2) is 18.5. The molecule has 0 saturated heterocycles. The van der Waals surface area contributed by atoms with Crippen molar-refractivity contribution in [3.63, 3.8) is 0 Å². The molecule has 0 saturated carbocycles. The molecule has 0 unspecified atom stereocenters. The average Bonchev–Trinajstić information content (AvgIpc) is 3.17. The zero-order valence-electron chi connectivity index (χ0n) is 31.7. The minimum absolute atomic E-state index is 0.00301. The van der Waals surface area contributed by atoms with Crippen molar-refractivity contribution < 1.29 is 47.5 Å². The summed E-state index contributed by atoms with van der Waals surface area (Å²) in [4.78, 5) is 26.0. The van der Waals surface area contributed by atoms with Gasteiger partial charge in [0.1, 0.15) is 36.4 Å². The first-order valence-electron chi connectivity index (χ1n) is 17.9. The topological polar surface area (TPSA) is 119 Å². The van der Waals surface area contributed by atoms with Gasteiger partial charge in [-0.05, 0) is 69.4 Å². The standard InChI is InChI=1S/C43H50O10Si/c1-30-25-37(52-39(44)29-49-26-31-17-21-33(47-5)22-18-31)38(53-40(30)41(42(45)46)50-27-32-19-23-34(48-6)24-20-32)28-51-54(43(2,3)4,35-13-9-7-10-14-35)36-15-11-8-12-16-36/h7-25,37-38,40-41H,26-29H2,1-6H3,(H,45,46)/t37-,38+,40+,41+/m0/s1. The van der Waals surface area contributed by atoms with Crippen molar-refractivity contribution in [3.05, 3.63) is 132 Å². The van der Waals surface area contributed by atoms with Crippen molar-refractivity contribution in [2.75, 3.05) is 27.4 Å². The fourth-order valence-electron chi connectivity index (χ4n) is 6.71. The zero-order chi connectivity index (χ0) is 38.7. The maximum Gasteiger partial charge on any atom is 0.335 e. The highest BCUT2D eigenvalue weighted by molar-refractivity contribution is 6.99. The van der Waals surface area contributed by atoms with Gasteiger partial charge in [0.05, 0.1) is 34.0 Å². The van der Waals surface area contributed by atoms with Crippen LogP contribution in [-0.2, 0) is 46.2 Å². The predicted octanol–water partition coefficient (Wildman–Crippen LogP) is 6.09. The monoisotopic (exact) mass is 754 g/mol. The molecule has 286 valence electrons. The Morgan fingerprint density at radius 3 is 1.78 bits per heavy atom. The van der Waals surface area contributed by atoms with Crippen LogP contribution in [0, 0.1) is 0 Å². The highest BCUT2D eigenvalue weighted by Gasteiger charge is 2.51. The van der Waals surface area contributed by atoms with E-state index in [0.717, 1.165) is 27.2 Å². The number of aliphatic carboxylic acids is 1. The molecular formula is C43H50O10Si. The van der Waals surface area contributed by atoms with Crippen molar-refractivity contribution in [2.24, 2.45) is 0 Å². The van der Waals surface area contributed by atoms with Gasteiger partial charge in [-0.2, -0.15) is 0 Å². The lowest BCUT2D eigenvalue weighted by atomic mass is 9.98. The summed E-state index contributed by atoms with van der Waals surface area (Å²) in [7, 11) is 0.119. The number of benzene rings is 4. The Kier molecular flexibility index (Phi) is 13.8. The van der Waals surface area contributed by atoms with E-state index in [4.69, 9.17) is 32.8 Å². The van der Waals surface area contributed by atoms with E-state index in [-0.39, 0.29) is 31.5 Å². The second-order valence-electron chi connectivity index (χ2n) is 14.2. The van der Waals surface area contributed by atoms with Crippen LogP contribution in [0.2, 0.25) is 5.04 Å². The van der Waals surface area contributed by atoms with Gasteiger partial charge in [-0.25, -0.2) is 9.59 Å². The minimum Gasteiger partial charge on any atom is -0.497 e. The lowest BCUT2D eigenvalue weighted by Crippen LogP contribution is -2.67. The van der Waals surface area contributed by atoms with Crippen LogP contribution in [0.1, 0.15) is 38.8 Å². The summed E-state index contributed by atoms with van der Waals surface area (Å²) in [5, 5.41) is 12.2. The highest BCUT2D eigenvalue weighted by Crippen LogP contribution is 2.38. The molecule has 1 heterocycles. The number of carbonyl (C=O) groups is 2. The van der Waals surface area contributed by atoms with Gasteiger partial charge in [-0.3, -0.25) is 0 Å². The number of ether oxygens (including phenoxy) is 6. The number of hydrogen-bond donors (Lipinski definition) is 1. The van der Waals surface area contributed by atoms with E-state index in [1.165, 1.54) is 0 Å². The van der Waals surface area contributed by atoms with Crippen LogP contribution in [0.15, 0.2) is 121 Å².